The van der Waals surface area contributed by atoms with Crippen molar-refractivity contribution in [3.8, 4) is 11.3 Å². The van der Waals surface area contributed by atoms with Crippen LogP contribution >= 0.6 is 0 Å². The SMILES string of the molecule is Cc1cccc(NC(=O)C2CCCN(C(=O)c3cc(-c4ccccc4)on3)C2)n1. The third kappa shape index (κ3) is 4.34. The molecule has 7 heteroatoms. The molecule has 1 atom stereocenters. The Bertz CT molecular complexity index is 1020. The molecule has 0 spiro atoms. The molecule has 0 radical (unpaired) electrons. The van der Waals surface area contributed by atoms with Crippen LogP contribution in [-0.2, 0) is 4.79 Å². The molecule has 3 aromatic rings. The topological polar surface area (TPSA) is 88.3 Å². The minimum absolute atomic E-state index is 0.120. The van der Waals surface area contributed by atoms with E-state index in [1.807, 2.05) is 49.4 Å². The maximum Gasteiger partial charge on any atom is 0.276 e. The molecule has 1 fully saturated rings. The number of anilines is 1. The minimum atomic E-state index is -0.282. The van der Waals surface area contributed by atoms with E-state index in [0.717, 1.165) is 24.1 Å². The van der Waals surface area contributed by atoms with Crippen LogP contribution in [0, 0.1) is 12.8 Å². The fraction of sp³-hybridized carbons (Fsp3) is 0.273. The molecule has 4 rings (SSSR count). The van der Waals surface area contributed by atoms with Gasteiger partial charge >= 0.3 is 0 Å². The number of benzene rings is 1. The van der Waals surface area contributed by atoms with Crippen molar-refractivity contribution >= 4 is 17.6 Å². The van der Waals surface area contributed by atoms with E-state index in [1.165, 1.54) is 0 Å². The van der Waals surface area contributed by atoms with Crippen LogP contribution in [0.5, 0.6) is 0 Å². The van der Waals surface area contributed by atoms with E-state index in [1.54, 1.807) is 17.0 Å². The Labute approximate surface area is 168 Å². The Morgan fingerprint density at radius 3 is 2.76 bits per heavy atom. The van der Waals surface area contributed by atoms with Gasteiger partial charge in [0.05, 0.1) is 5.92 Å². The van der Waals surface area contributed by atoms with Gasteiger partial charge in [-0.05, 0) is 31.9 Å². The van der Waals surface area contributed by atoms with E-state index < -0.39 is 0 Å². The zero-order chi connectivity index (χ0) is 20.2. The number of rotatable bonds is 4. The highest BCUT2D eigenvalue weighted by Crippen LogP contribution is 2.23. The van der Waals surface area contributed by atoms with Gasteiger partial charge in [0, 0.05) is 30.4 Å². The summed E-state index contributed by atoms with van der Waals surface area (Å²) in [6, 6.07) is 16.6. The lowest BCUT2D eigenvalue weighted by atomic mass is 9.97. The van der Waals surface area contributed by atoms with Gasteiger partial charge in [-0.25, -0.2) is 4.98 Å². The lowest BCUT2D eigenvalue weighted by Gasteiger charge is -2.31. The normalized spacial score (nSPS) is 16.4. The second kappa shape index (κ2) is 8.26. The van der Waals surface area contributed by atoms with Crippen LogP contribution in [-0.4, -0.2) is 39.9 Å². The highest BCUT2D eigenvalue weighted by molar-refractivity contribution is 5.95. The third-order valence-corrected chi connectivity index (χ3v) is 5.01. The first kappa shape index (κ1) is 18.9. The maximum absolute atomic E-state index is 12.9. The van der Waals surface area contributed by atoms with Crippen LogP contribution in [0.1, 0.15) is 29.0 Å². The van der Waals surface area contributed by atoms with Gasteiger partial charge in [-0.3, -0.25) is 9.59 Å². The molecule has 1 aliphatic heterocycles. The number of amides is 2. The zero-order valence-corrected chi connectivity index (χ0v) is 16.2. The first-order valence-electron chi connectivity index (χ1n) is 9.66. The van der Waals surface area contributed by atoms with Gasteiger partial charge in [0.15, 0.2) is 11.5 Å². The molecule has 2 aromatic heterocycles. The summed E-state index contributed by atoms with van der Waals surface area (Å²) in [5.74, 6) is 0.455. The van der Waals surface area contributed by atoms with E-state index in [0.29, 0.717) is 24.7 Å². The van der Waals surface area contributed by atoms with Crippen LogP contribution < -0.4 is 5.32 Å². The smallest absolute Gasteiger partial charge is 0.276 e. The number of aromatic nitrogens is 2. The lowest BCUT2D eigenvalue weighted by molar-refractivity contribution is -0.121. The van der Waals surface area contributed by atoms with Crippen molar-refractivity contribution in [2.24, 2.45) is 5.92 Å². The molecule has 1 N–H and O–H groups in total. The van der Waals surface area contributed by atoms with Crippen LogP contribution in [0.25, 0.3) is 11.3 Å². The second-order valence-corrected chi connectivity index (χ2v) is 7.19. The summed E-state index contributed by atoms with van der Waals surface area (Å²) in [5, 5.41) is 6.79. The van der Waals surface area contributed by atoms with Crippen LogP contribution in [0.3, 0.4) is 0 Å². The largest absolute Gasteiger partial charge is 0.355 e. The van der Waals surface area contributed by atoms with Crippen molar-refractivity contribution in [3.63, 3.8) is 0 Å². The maximum atomic E-state index is 12.9. The third-order valence-electron chi connectivity index (χ3n) is 5.01. The molecule has 29 heavy (non-hydrogen) atoms. The molecular formula is C22H22N4O3. The molecule has 7 nitrogen and oxygen atoms in total. The van der Waals surface area contributed by atoms with Gasteiger partial charge < -0.3 is 14.7 Å². The first-order chi connectivity index (χ1) is 14.1. The molecule has 0 saturated carbocycles. The molecule has 0 aliphatic carbocycles. The van der Waals surface area contributed by atoms with Crippen molar-refractivity contribution < 1.29 is 14.1 Å². The van der Waals surface area contributed by atoms with Crippen LogP contribution in [0.2, 0.25) is 0 Å². The monoisotopic (exact) mass is 390 g/mol. The van der Waals surface area contributed by atoms with Gasteiger partial charge in [0.25, 0.3) is 5.91 Å². The number of likely N-dealkylation sites (tertiary alicyclic amines) is 1. The summed E-state index contributed by atoms with van der Waals surface area (Å²) in [4.78, 5) is 31.5. The number of carbonyl (C=O) groups is 2. The Morgan fingerprint density at radius 2 is 1.97 bits per heavy atom. The standard InChI is InChI=1S/C22H22N4O3/c1-15-7-5-11-20(23-15)24-21(27)17-10-6-12-26(14-17)22(28)18-13-19(29-25-18)16-8-3-2-4-9-16/h2-5,7-9,11,13,17H,6,10,12,14H2,1H3,(H,23,24,27). The number of pyridine rings is 1. The molecule has 148 valence electrons. The molecule has 1 aromatic carbocycles. The molecule has 0 bridgehead atoms. The summed E-state index contributed by atoms with van der Waals surface area (Å²) in [7, 11) is 0. The quantitative estimate of drug-likeness (QED) is 0.736. The van der Waals surface area contributed by atoms with E-state index >= 15 is 0 Å². The van der Waals surface area contributed by atoms with Crippen molar-refractivity contribution in [2.75, 3.05) is 18.4 Å². The van der Waals surface area contributed by atoms with Crippen LogP contribution in [0.4, 0.5) is 5.82 Å². The fourth-order valence-corrected chi connectivity index (χ4v) is 3.49. The van der Waals surface area contributed by atoms with Crippen molar-refractivity contribution in [2.45, 2.75) is 19.8 Å². The predicted molar refractivity (Wildman–Crippen MR) is 108 cm³/mol. The summed E-state index contributed by atoms with van der Waals surface area (Å²) >= 11 is 0. The Kier molecular flexibility index (Phi) is 5.37. The van der Waals surface area contributed by atoms with Gasteiger partial charge in [-0.1, -0.05) is 41.6 Å². The van der Waals surface area contributed by atoms with E-state index in [9.17, 15) is 9.59 Å². The summed E-state index contributed by atoms with van der Waals surface area (Å²) in [6.45, 7) is 2.82. The average Bonchev–Trinajstić information content (AvgIpc) is 3.24. The average molecular weight is 390 g/mol. The summed E-state index contributed by atoms with van der Waals surface area (Å²) < 4.78 is 5.34. The number of nitrogens with zero attached hydrogens (tertiary/aromatic N) is 3. The summed E-state index contributed by atoms with van der Waals surface area (Å²) in [5.41, 5.74) is 1.95. The van der Waals surface area contributed by atoms with E-state index in [4.69, 9.17) is 4.52 Å². The van der Waals surface area contributed by atoms with E-state index in [-0.39, 0.29) is 23.4 Å². The van der Waals surface area contributed by atoms with Crippen LogP contribution in [0.15, 0.2) is 59.1 Å². The first-order valence-corrected chi connectivity index (χ1v) is 9.66. The summed E-state index contributed by atoms with van der Waals surface area (Å²) in [6.07, 6.45) is 1.49. The van der Waals surface area contributed by atoms with Gasteiger partial charge in [0.2, 0.25) is 5.91 Å². The van der Waals surface area contributed by atoms with Crippen molar-refractivity contribution in [1.29, 1.82) is 0 Å². The lowest BCUT2D eigenvalue weighted by Crippen LogP contribution is -2.44. The highest BCUT2D eigenvalue weighted by atomic mass is 16.5. The number of hydrogen-bond donors (Lipinski definition) is 1. The highest BCUT2D eigenvalue weighted by Gasteiger charge is 2.30. The minimum Gasteiger partial charge on any atom is -0.355 e. The van der Waals surface area contributed by atoms with Crippen molar-refractivity contribution in [1.82, 2.24) is 15.0 Å². The van der Waals surface area contributed by atoms with Gasteiger partial charge in [0.1, 0.15) is 5.82 Å². The fourth-order valence-electron chi connectivity index (χ4n) is 3.49. The Balaban J connectivity index is 1.42. The predicted octanol–water partition coefficient (Wildman–Crippen LogP) is 3.54. The number of aryl methyl sites for hydroxylation is 1. The van der Waals surface area contributed by atoms with E-state index in [2.05, 4.69) is 15.5 Å². The number of piperidine rings is 1. The number of hydrogen-bond acceptors (Lipinski definition) is 5. The van der Waals surface area contributed by atoms with Gasteiger partial charge in [-0.15, -0.1) is 0 Å². The molecule has 1 saturated heterocycles. The Hall–Kier alpha value is -3.48. The second-order valence-electron chi connectivity index (χ2n) is 7.19. The number of carbonyl (C=O) groups excluding carboxylic acids is 2. The van der Waals surface area contributed by atoms with Crippen molar-refractivity contribution in [3.05, 3.63) is 66.0 Å². The molecule has 1 aliphatic rings. The molecule has 3 heterocycles. The molecule has 2 amide bonds. The number of nitrogens with one attached hydrogen (secondary N) is 1. The molecular weight excluding hydrogens is 368 g/mol. The zero-order valence-electron chi connectivity index (χ0n) is 16.2. The van der Waals surface area contributed by atoms with Gasteiger partial charge in [-0.2, -0.15) is 0 Å². The Morgan fingerprint density at radius 1 is 1.14 bits per heavy atom. The molecule has 1 unspecified atom stereocenters.